The Balaban J connectivity index is 1.80. The highest BCUT2D eigenvalue weighted by Gasteiger charge is 2.31. The Morgan fingerprint density at radius 2 is 0.949 bits per heavy atom. The van der Waals surface area contributed by atoms with Crippen LogP contribution in [-0.4, -0.2) is 8.07 Å². The fourth-order valence-electron chi connectivity index (χ4n) is 5.97. The molecule has 0 amide bonds. The van der Waals surface area contributed by atoms with Crippen molar-refractivity contribution in [2.24, 2.45) is 0 Å². The molecule has 0 fully saturated rings. The minimum atomic E-state index is -1.71. The average Bonchev–Trinajstić information content (AvgIpc) is 3.01. The summed E-state index contributed by atoms with van der Waals surface area (Å²) in [6, 6.07) is 52.4. The number of benzene rings is 6. The molecule has 0 heterocycles. The Bertz CT molecular complexity index is 1700. The van der Waals surface area contributed by atoms with Crippen LogP contribution in [0.3, 0.4) is 0 Å². The van der Waals surface area contributed by atoms with Gasteiger partial charge in [-0.25, -0.2) is 0 Å². The zero-order valence-corrected chi connectivity index (χ0v) is 25.0. The molecule has 0 aliphatic carbocycles. The fraction of sp³-hybridized carbons (Fsp3) is 0.135. The van der Waals surface area contributed by atoms with Crippen molar-refractivity contribution in [3.05, 3.63) is 133 Å². The van der Waals surface area contributed by atoms with Crippen molar-refractivity contribution in [2.75, 3.05) is 0 Å². The molecule has 6 aromatic carbocycles. The van der Waals surface area contributed by atoms with E-state index in [1.165, 1.54) is 60.7 Å². The molecule has 39 heavy (non-hydrogen) atoms. The molecule has 0 saturated heterocycles. The standard InChI is InChI=1S/C37H35PSi/c1-4-39(3,5-2)35-27-25-29-17-13-15-23-33(29)37(35)36-32-22-14-12-16-28(32)24-26-34(36)38(30-18-8-6-9-19-30)31-20-10-7-11-21-31/h6-27H,4-5H2,1-3H3. The maximum absolute atomic E-state index is 2.59. The monoisotopic (exact) mass is 538 g/mol. The second kappa shape index (κ2) is 10.9. The van der Waals surface area contributed by atoms with Crippen LogP contribution in [0.15, 0.2) is 133 Å². The number of hydrogen-bond acceptors (Lipinski definition) is 0. The average molecular weight is 539 g/mol. The lowest BCUT2D eigenvalue weighted by Gasteiger charge is -2.31. The Hall–Kier alpha value is -3.51. The van der Waals surface area contributed by atoms with E-state index < -0.39 is 16.0 Å². The topological polar surface area (TPSA) is 0 Å². The summed E-state index contributed by atoms with van der Waals surface area (Å²) in [6.45, 7) is 7.39. The number of rotatable bonds is 7. The van der Waals surface area contributed by atoms with Crippen molar-refractivity contribution in [1.82, 2.24) is 0 Å². The van der Waals surface area contributed by atoms with Crippen LogP contribution in [-0.2, 0) is 0 Å². The van der Waals surface area contributed by atoms with Gasteiger partial charge in [0, 0.05) is 0 Å². The molecule has 0 bridgehead atoms. The molecule has 2 heteroatoms. The Morgan fingerprint density at radius 1 is 0.487 bits per heavy atom. The predicted molar refractivity (Wildman–Crippen MR) is 178 cm³/mol. The third-order valence-corrected chi connectivity index (χ3v) is 15.9. The summed E-state index contributed by atoms with van der Waals surface area (Å²) in [5, 5.41) is 11.2. The smallest absolute Gasteiger partial charge is 0.0675 e. The maximum atomic E-state index is 2.59. The van der Waals surface area contributed by atoms with Gasteiger partial charge in [-0.05, 0) is 56.5 Å². The van der Waals surface area contributed by atoms with Gasteiger partial charge in [-0.1, -0.05) is 171 Å². The Kier molecular flexibility index (Phi) is 7.22. The SMILES string of the molecule is CC[Si](C)(CC)c1ccc2ccccc2c1-c1c(P(c2ccccc2)c2ccccc2)ccc2ccccc12. The quantitative estimate of drug-likeness (QED) is 0.141. The lowest BCUT2D eigenvalue weighted by Crippen LogP contribution is -2.44. The van der Waals surface area contributed by atoms with E-state index in [0.717, 1.165) is 0 Å². The molecule has 0 unspecified atom stereocenters. The second-order valence-electron chi connectivity index (χ2n) is 10.7. The third kappa shape index (κ3) is 4.65. The first-order valence-corrected chi connectivity index (χ1v) is 18.3. The molecule has 0 atom stereocenters. The first-order valence-electron chi connectivity index (χ1n) is 14.1. The summed E-state index contributed by atoms with van der Waals surface area (Å²) >= 11 is 0. The molecule has 0 radical (unpaired) electrons. The summed E-state index contributed by atoms with van der Waals surface area (Å²) in [7, 11) is -2.47. The minimum absolute atomic E-state index is 0.760. The van der Waals surface area contributed by atoms with Gasteiger partial charge in [0.05, 0.1) is 8.07 Å². The van der Waals surface area contributed by atoms with Gasteiger partial charge in [0.1, 0.15) is 0 Å². The molecular weight excluding hydrogens is 503 g/mol. The predicted octanol–water partition coefficient (Wildman–Crippen LogP) is 8.74. The van der Waals surface area contributed by atoms with Gasteiger partial charge in [-0.3, -0.25) is 0 Å². The molecule has 0 N–H and O–H groups in total. The number of fused-ring (bicyclic) bond motifs is 2. The fourth-order valence-corrected chi connectivity index (χ4v) is 11.1. The van der Waals surface area contributed by atoms with Crippen LogP contribution >= 0.6 is 7.92 Å². The summed E-state index contributed by atoms with van der Waals surface area (Å²) < 4.78 is 0. The van der Waals surface area contributed by atoms with Crippen molar-refractivity contribution in [2.45, 2.75) is 32.5 Å². The van der Waals surface area contributed by atoms with Gasteiger partial charge in [0.25, 0.3) is 0 Å². The molecule has 0 aliphatic rings. The van der Waals surface area contributed by atoms with E-state index in [4.69, 9.17) is 0 Å². The van der Waals surface area contributed by atoms with E-state index >= 15 is 0 Å². The molecular formula is C37H35PSi. The third-order valence-electron chi connectivity index (χ3n) is 8.57. The van der Waals surface area contributed by atoms with Gasteiger partial charge in [0.2, 0.25) is 0 Å². The van der Waals surface area contributed by atoms with Crippen LogP contribution in [0.1, 0.15) is 13.8 Å². The summed E-state index contributed by atoms with van der Waals surface area (Å²) in [5.41, 5.74) is 2.90. The van der Waals surface area contributed by atoms with Crippen LogP contribution in [0.4, 0.5) is 0 Å². The normalized spacial score (nSPS) is 11.9. The highest BCUT2D eigenvalue weighted by molar-refractivity contribution is 7.80. The van der Waals surface area contributed by atoms with Gasteiger partial charge in [0.15, 0.2) is 0 Å². The van der Waals surface area contributed by atoms with E-state index in [1.54, 1.807) is 5.19 Å². The maximum Gasteiger partial charge on any atom is 0.0839 e. The summed E-state index contributed by atoms with van der Waals surface area (Å²) in [6.07, 6.45) is 0. The van der Waals surface area contributed by atoms with E-state index in [1.807, 2.05) is 0 Å². The van der Waals surface area contributed by atoms with Crippen molar-refractivity contribution in [3.8, 4) is 11.1 Å². The molecule has 6 aromatic rings. The lowest BCUT2D eigenvalue weighted by molar-refractivity contribution is 1.27. The summed E-state index contributed by atoms with van der Waals surface area (Å²) in [4.78, 5) is 0. The molecule has 192 valence electrons. The van der Waals surface area contributed by atoms with Crippen molar-refractivity contribution in [1.29, 1.82) is 0 Å². The highest BCUT2D eigenvalue weighted by atomic mass is 31.1. The zero-order chi connectivity index (χ0) is 26.8. The number of hydrogen-bond donors (Lipinski definition) is 0. The molecule has 0 spiro atoms. The molecule has 0 aliphatic heterocycles. The van der Waals surface area contributed by atoms with Crippen molar-refractivity contribution >= 4 is 58.6 Å². The van der Waals surface area contributed by atoms with Gasteiger partial charge in [-0.15, -0.1) is 0 Å². The molecule has 0 nitrogen and oxygen atoms in total. The van der Waals surface area contributed by atoms with E-state index in [0.29, 0.717) is 0 Å². The molecule has 6 rings (SSSR count). The van der Waals surface area contributed by atoms with Crippen LogP contribution in [0.25, 0.3) is 32.7 Å². The lowest BCUT2D eigenvalue weighted by atomic mass is 9.93. The zero-order valence-electron chi connectivity index (χ0n) is 23.1. The summed E-state index contributed by atoms with van der Waals surface area (Å²) in [5.74, 6) is 0. The Labute approximate surface area is 235 Å². The van der Waals surface area contributed by atoms with Crippen LogP contribution in [0, 0.1) is 0 Å². The highest BCUT2D eigenvalue weighted by Crippen LogP contribution is 2.42. The van der Waals surface area contributed by atoms with E-state index in [2.05, 4.69) is 154 Å². The largest absolute Gasteiger partial charge is 0.0839 e. The van der Waals surface area contributed by atoms with E-state index in [9.17, 15) is 0 Å². The molecule has 0 saturated carbocycles. The van der Waals surface area contributed by atoms with Crippen LogP contribution < -0.4 is 21.1 Å². The van der Waals surface area contributed by atoms with E-state index in [-0.39, 0.29) is 0 Å². The van der Waals surface area contributed by atoms with Gasteiger partial charge >= 0.3 is 0 Å². The van der Waals surface area contributed by atoms with Crippen LogP contribution in [0.5, 0.6) is 0 Å². The van der Waals surface area contributed by atoms with Gasteiger partial charge < -0.3 is 0 Å². The van der Waals surface area contributed by atoms with Crippen molar-refractivity contribution < 1.29 is 0 Å². The molecule has 0 aromatic heterocycles. The van der Waals surface area contributed by atoms with Crippen LogP contribution in [0.2, 0.25) is 18.6 Å². The first-order chi connectivity index (χ1) is 19.1. The second-order valence-corrected chi connectivity index (χ2v) is 17.9. The minimum Gasteiger partial charge on any atom is -0.0675 e. The first kappa shape index (κ1) is 25.7. The van der Waals surface area contributed by atoms with Crippen molar-refractivity contribution in [3.63, 3.8) is 0 Å². The Morgan fingerprint density at radius 3 is 1.49 bits per heavy atom. The van der Waals surface area contributed by atoms with Gasteiger partial charge in [-0.2, -0.15) is 0 Å².